The smallest absolute Gasteiger partial charge is 0.126 e. The van der Waals surface area contributed by atoms with Gasteiger partial charge < -0.3 is 10.3 Å². The second kappa shape index (κ2) is 5.31. The van der Waals surface area contributed by atoms with E-state index in [9.17, 15) is 4.39 Å². The van der Waals surface area contributed by atoms with E-state index < -0.39 is 0 Å². The van der Waals surface area contributed by atoms with Crippen molar-refractivity contribution in [2.45, 2.75) is 33.4 Å². The lowest BCUT2D eigenvalue weighted by atomic mass is 10.1. The van der Waals surface area contributed by atoms with Gasteiger partial charge in [-0.2, -0.15) is 0 Å². The molecule has 1 heterocycles. The Labute approximate surface area is 106 Å². The molecular formula is C14H18FN3. The number of halogens is 1. The molecule has 1 aromatic carbocycles. The minimum atomic E-state index is -0.191. The van der Waals surface area contributed by atoms with Gasteiger partial charge in [-0.1, -0.05) is 26.0 Å². The van der Waals surface area contributed by atoms with Crippen molar-refractivity contribution in [1.29, 1.82) is 0 Å². The molecule has 0 spiro atoms. The van der Waals surface area contributed by atoms with Gasteiger partial charge in [0.2, 0.25) is 0 Å². The number of aryl methyl sites for hydroxylation is 1. The summed E-state index contributed by atoms with van der Waals surface area (Å²) in [6, 6.07) is 5.61. The zero-order valence-electron chi connectivity index (χ0n) is 10.9. The third-order valence-corrected chi connectivity index (χ3v) is 2.79. The molecule has 4 heteroatoms. The van der Waals surface area contributed by atoms with E-state index in [2.05, 4.69) is 29.1 Å². The van der Waals surface area contributed by atoms with Crippen LogP contribution in [-0.4, -0.2) is 16.0 Å². The highest BCUT2D eigenvalue weighted by molar-refractivity contribution is 5.59. The number of aromatic amines is 1. The van der Waals surface area contributed by atoms with Gasteiger partial charge in [0, 0.05) is 11.6 Å². The average Bonchev–Trinajstić information content (AvgIpc) is 2.79. The van der Waals surface area contributed by atoms with Crippen molar-refractivity contribution < 1.29 is 4.39 Å². The number of H-pyrrole nitrogens is 1. The highest BCUT2D eigenvalue weighted by Gasteiger charge is 2.06. The van der Waals surface area contributed by atoms with Crippen molar-refractivity contribution in [3.8, 4) is 11.3 Å². The van der Waals surface area contributed by atoms with Gasteiger partial charge in [0.15, 0.2) is 0 Å². The summed E-state index contributed by atoms with van der Waals surface area (Å²) in [7, 11) is 0. The van der Waals surface area contributed by atoms with E-state index in [1.165, 1.54) is 6.07 Å². The first-order valence-electron chi connectivity index (χ1n) is 6.10. The van der Waals surface area contributed by atoms with Crippen LogP contribution in [0.3, 0.4) is 0 Å². The van der Waals surface area contributed by atoms with Gasteiger partial charge in [0.25, 0.3) is 0 Å². The lowest BCUT2D eigenvalue weighted by Crippen LogP contribution is -2.22. The number of hydrogen-bond donors (Lipinski definition) is 2. The number of nitrogens with one attached hydrogen (secondary N) is 2. The van der Waals surface area contributed by atoms with E-state index in [0.717, 1.165) is 17.1 Å². The Morgan fingerprint density at radius 2 is 2.17 bits per heavy atom. The minimum absolute atomic E-state index is 0.191. The third kappa shape index (κ3) is 2.96. The molecule has 1 aromatic heterocycles. The van der Waals surface area contributed by atoms with E-state index in [4.69, 9.17) is 0 Å². The quantitative estimate of drug-likeness (QED) is 0.872. The first-order valence-corrected chi connectivity index (χ1v) is 6.10. The second-order valence-electron chi connectivity index (χ2n) is 4.74. The maximum absolute atomic E-state index is 13.5. The Balaban J connectivity index is 2.16. The predicted molar refractivity (Wildman–Crippen MR) is 70.7 cm³/mol. The molecule has 0 aliphatic carbocycles. The largest absolute Gasteiger partial charge is 0.341 e. The first kappa shape index (κ1) is 12.8. The van der Waals surface area contributed by atoms with Gasteiger partial charge >= 0.3 is 0 Å². The second-order valence-corrected chi connectivity index (χ2v) is 4.74. The van der Waals surface area contributed by atoms with Gasteiger partial charge in [-0.05, 0) is 18.6 Å². The van der Waals surface area contributed by atoms with Gasteiger partial charge in [-0.3, -0.25) is 0 Å². The molecule has 0 saturated heterocycles. The van der Waals surface area contributed by atoms with Crippen LogP contribution in [0.1, 0.15) is 25.2 Å². The Hall–Kier alpha value is -1.68. The monoisotopic (exact) mass is 247 g/mol. The SMILES string of the molecule is Cc1ccc(-c2cnc(CNC(C)C)[nH]2)cc1F. The number of benzene rings is 1. The van der Waals surface area contributed by atoms with Crippen molar-refractivity contribution in [3.05, 3.63) is 41.6 Å². The fraction of sp³-hybridized carbons (Fsp3) is 0.357. The van der Waals surface area contributed by atoms with Crippen LogP contribution in [0.15, 0.2) is 24.4 Å². The molecule has 0 saturated carbocycles. The standard InChI is InChI=1S/C14H18FN3/c1-9(2)16-8-14-17-7-13(18-14)11-5-4-10(3)12(15)6-11/h4-7,9,16H,8H2,1-3H3,(H,17,18). The van der Waals surface area contributed by atoms with Gasteiger partial charge in [-0.25, -0.2) is 9.37 Å². The van der Waals surface area contributed by atoms with Crippen LogP contribution in [0, 0.1) is 12.7 Å². The maximum Gasteiger partial charge on any atom is 0.126 e. The number of aromatic nitrogens is 2. The van der Waals surface area contributed by atoms with E-state index in [0.29, 0.717) is 18.2 Å². The fourth-order valence-corrected chi connectivity index (χ4v) is 1.66. The molecule has 18 heavy (non-hydrogen) atoms. The number of imidazole rings is 1. The molecule has 0 fully saturated rings. The zero-order chi connectivity index (χ0) is 13.1. The number of nitrogens with zero attached hydrogens (tertiary/aromatic N) is 1. The summed E-state index contributed by atoms with van der Waals surface area (Å²) in [5.74, 6) is 0.670. The van der Waals surface area contributed by atoms with Crippen LogP contribution in [-0.2, 0) is 6.54 Å². The van der Waals surface area contributed by atoms with Crippen LogP contribution in [0.2, 0.25) is 0 Å². The van der Waals surface area contributed by atoms with Crippen molar-refractivity contribution in [1.82, 2.24) is 15.3 Å². The Bertz CT molecular complexity index is 532. The normalized spacial score (nSPS) is 11.2. The highest BCUT2D eigenvalue weighted by atomic mass is 19.1. The molecule has 2 aromatic rings. The van der Waals surface area contributed by atoms with Gasteiger partial charge in [0.1, 0.15) is 11.6 Å². The lowest BCUT2D eigenvalue weighted by molar-refractivity contribution is 0.575. The van der Waals surface area contributed by atoms with Crippen molar-refractivity contribution in [2.24, 2.45) is 0 Å². The molecule has 96 valence electrons. The van der Waals surface area contributed by atoms with Crippen LogP contribution in [0.5, 0.6) is 0 Å². The molecule has 0 aliphatic heterocycles. The third-order valence-electron chi connectivity index (χ3n) is 2.79. The topological polar surface area (TPSA) is 40.7 Å². The fourth-order valence-electron chi connectivity index (χ4n) is 1.66. The summed E-state index contributed by atoms with van der Waals surface area (Å²) >= 11 is 0. The molecule has 0 unspecified atom stereocenters. The summed E-state index contributed by atoms with van der Waals surface area (Å²) in [6.07, 6.45) is 1.74. The molecule has 2 rings (SSSR count). The van der Waals surface area contributed by atoms with E-state index in [1.54, 1.807) is 19.2 Å². The number of hydrogen-bond acceptors (Lipinski definition) is 2. The van der Waals surface area contributed by atoms with E-state index in [-0.39, 0.29) is 5.82 Å². The van der Waals surface area contributed by atoms with Gasteiger partial charge in [0.05, 0.1) is 18.4 Å². The minimum Gasteiger partial charge on any atom is -0.341 e. The summed E-state index contributed by atoms with van der Waals surface area (Å²) in [5.41, 5.74) is 2.32. The Morgan fingerprint density at radius 3 is 2.83 bits per heavy atom. The predicted octanol–water partition coefficient (Wildman–Crippen LogP) is 3.02. The molecule has 2 N–H and O–H groups in total. The van der Waals surface area contributed by atoms with E-state index in [1.807, 2.05) is 6.07 Å². The van der Waals surface area contributed by atoms with Crippen LogP contribution < -0.4 is 5.32 Å². The van der Waals surface area contributed by atoms with Crippen LogP contribution in [0.25, 0.3) is 11.3 Å². The van der Waals surface area contributed by atoms with Crippen molar-refractivity contribution in [3.63, 3.8) is 0 Å². The summed E-state index contributed by atoms with van der Waals surface area (Å²) in [6.45, 7) is 6.61. The van der Waals surface area contributed by atoms with Crippen LogP contribution in [0.4, 0.5) is 4.39 Å². The molecule has 0 aliphatic rings. The lowest BCUT2D eigenvalue weighted by Gasteiger charge is -2.05. The molecule has 3 nitrogen and oxygen atoms in total. The highest BCUT2D eigenvalue weighted by Crippen LogP contribution is 2.19. The molecule has 0 radical (unpaired) electrons. The summed E-state index contributed by atoms with van der Waals surface area (Å²) < 4.78 is 13.5. The van der Waals surface area contributed by atoms with E-state index >= 15 is 0 Å². The first-order chi connectivity index (χ1) is 8.56. The van der Waals surface area contributed by atoms with Crippen molar-refractivity contribution >= 4 is 0 Å². The summed E-state index contributed by atoms with van der Waals surface area (Å²) in [4.78, 5) is 7.47. The molecule has 0 bridgehead atoms. The van der Waals surface area contributed by atoms with Gasteiger partial charge in [-0.15, -0.1) is 0 Å². The maximum atomic E-state index is 13.5. The zero-order valence-corrected chi connectivity index (χ0v) is 10.9. The molecule has 0 atom stereocenters. The molecular weight excluding hydrogens is 229 g/mol. The Kier molecular flexibility index (Phi) is 3.77. The average molecular weight is 247 g/mol. The number of rotatable bonds is 4. The van der Waals surface area contributed by atoms with Crippen molar-refractivity contribution in [2.75, 3.05) is 0 Å². The Morgan fingerprint density at radius 1 is 1.39 bits per heavy atom. The summed E-state index contributed by atoms with van der Waals surface area (Å²) in [5, 5.41) is 3.28. The molecule has 0 amide bonds. The van der Waals surface area contributed by atoms with Crippen LogP contribution >= 0.6 is 0 Å².